The van der Waals surface area contributed by atoms with Gasteiger partial charge in [0.2, 0.25) is 0 Å². The zero-order valence-electron chi connectivity index (χ0n) is 21.5. The van der Waals surface area contributed by atoms with Gasteiger partial charge < -0.3 is 9.47 Å². The van der Waals surface area contributed by atoms with Gasteiger partial charge >= 0.3 is 0 Å². The van der Waals surface area contributed by atoms with Gasteiger partial charge in [-0.05, 0) is 35.7 Å². The van der Waals surface area contributed by atoms with Gasteiger partial charge in [0.15, 0.2) is 0 Å². The molecule has 3 aromatic rings. The van der Waals surface area contributed by atoms with Crippen LogP contribution >= 0.6 is 0 Å². The third kappa shape index (κ3) is 6.50. The van der Waals surface area contributed by atoms with Gasteiger partial charge in [-0.3, -0.25) is 29.4 Å². The molecule has 0 aromatic carbocycles. The molecule has 3 rings (SSSR count). The van der Waals surface area contributed by atoms with E-state index in [0.29, 0.717) is 36.0 Å². The average Bonchev–Trinajstić information content (AvgIpc) is 2.89. The lowest BCUT2D eigenvalue weighted by atomic mass is 9.87. The van der Waals surface area contributed by atoms with E-state index >= 15 is 0 Å². The third-order valence-corrected chi connectivity index (χ3v) is 5.55. The topological polar surface area (TPSA) is 97.8 Å². The zero-order chi connectivity index (χ0) is 26.1. The molecule has 0 aliphatic heterocycles. The predicted octanol–water partition coefficient (Wildman–Crippen LogP) is 3.76. The first-order valence-electron chi connectivity index (χ1n) is 11.7. The molecule has 0 bridgehead atoms. The summed E-state index contributed by atoms with van der Waals surface area (Å²) >= 11 is 0. The molecule has 0 aliphatic rings. The molecule has 0 saturated carbocycles. The Kier molecular flexibility index (Phi) is 9.21. The molecule has 0 aliphatic carbocycles. The average molecular weight is 492 g/mol. The van der Waals surface area contributed by atoms with Gasteiger partial charge in [0, 0.05) is 44.6 Å². The maximum atomic E-state index is 13.6. The summed E-state index contributed by atoms with van der Waals surface area (Å²) in [7, 11) is 3.16. The number of methoxy groups -OCH3 is 2. The van der Waals surface area contributed by atoms with Gasteiger partial charge in [-0.2, -0.15) is 0 Å². The largest absolute Gasteiger partial charge is 0.383 e. The molecule has 2 amide bonds. The number of amides is 2. The highest BCUT2D eigenvalue weighted by Gasteiger charge is 2.29. The van der Waals surface area contributed by atoms with E-state index in [1.54, 1.807) is 66.7 Å². The minimum Gasteiger partial charge on any atom is -0.383 e. The fraction of sp³-hybridized carbons (Fsp3) is 0.370. The van der Waals surface area contributed by atoms with Crippen molar-refractivity contribution in [2.75, 3.05) is 50.3 Å². The van der Waals surface area contributed by atoms with E-state index in [9.17, 15) is 9.59 Å². The third-order valence-electron chi connectivity index (χ3n) is 5.55. The molecule has 3 aromatic heterocycles. The van der Waals surface area contributed by atoms with E-state index in [-0.39, 0.29) is 30.3 Å². The first kappa shape index (κ1) is 26.9. The Morgan fingerprint density at radius 1 is 0.806 bits per heavy atom. The number of hydrogen-bond donors (Lipinski definition) is 0. The summed E-state index contributed by atoms with van der Waals surface area (Å²) in [6.45, 7) is 7.34. The summed E-state index contributed by atoms with van der Waals surface area (Å²) in [4.78, 5) is 43.2. The maximum Gasteiger partial charge on any atom is 0.261 e. The molecule has 0 atom stereocenters. The molecule has 0 unspecified atom stereocenters. The summed E-state index contributed by atoms with van der Waals surface area (Å²) in [6, 6.07) is 10.6. The Morgan fingerprint density at radius 3 is 1.81 bits per heavy atom. The van der Waals surface area contributed by atoms with Crippen molar-refractivity contribution >= 4 is 23.5 Å². The molecule has 190 valence electrons. The van der Waals surface area contributed by atoms with Gasteiger partial charge in [0.1, 0.15) is 11.6 Å². The van der Waals surface area contributed by atoms with Crippen molar-refractivity contribution in [2.45, 2.75) is 26.2 Å². The van der Waals surface area contributed by atoms with Crippen molar-refractivity contribution in [3.05, 3.63) is 77.9 Å². The number of rotatable bonds is 10. The van der Waals surface area contributed by atoms with Gasteiger partial charge in [-0.15, -0.1) is 0 Å². The molecule has 0 spiro atoms. The highest BCUT2D eigenvalue weighted by molar-refractivity contribution is 6.07. The van der Waals surface area contributed by atoms with Gasteiger partial charge in [-0.25, -0.2) is 4.98 Å². The zero-order valence-corrected chi connectivity index (χ0v) is 21.5. The molecule has 9 heteroatoms. The van der Waals surface area contributed by atoms with E-state index in [1.807, 2.05) is 6.07 Å². The Bertz CT molecular complexity index is 1150. The van der Waals surface area contributed by atoms with Crippen molar-refractivity contribution in [3.8, 4) is 0 Å². The number of pyridine rings is 3. The molecule has 0 N–H and O–H groups in total. The van der Waals surface area contributed by atoms with E-state index in [0.717, 1.165) is 5.56 Å². The van der Waals surface area contributed by atoms with E-state index in [4.69, 9.17) is 14.5 Å². The smallest absolute Gasteiger partial charge is 0.261 e. The van der Waals surface area contributed by atoms with Crippen molar-refractivity contribution in [3.63, 3.8) is 0 Å². The number of nitrogens with zero attached hydrogens (tertiary/aromatic N) is 5. The molecule has 9 nitrogen and oxygen atoms in total. The fourth-order valence-corrected chi connectivity index (χ4v) is 3.66. The lowest BCUT2D eigenvalue weighted by molar-refractivity contribution is 0.0969. The van der Waals surface area contributed by atoms with Crippen molar-refractivity contribution in [1.29, 1.82) is 0 Å². The van der Waals surface area contributed by atoms with E-state index in [1.165, 1.54) is 12.4 Å². The first-order chi connectivity index (χ1) is 17.3. The highest BCUT2D eigenvalue weighted by atomic mass is 16.5. The second-order valence-corrected chi connectivity index (χ2v) is 9.17. The van der Waals surface area contributed by atoms with Crippen LogP contribution in [0, 0.1) is 0 Å². The minimum absolute atomic E-state index is 0.252. The van der Waals surface area contributed by atoms with Crippen LogP contribution < -0.4 is 9.80 Å². The molecule has 0 radical (unpaired) electrons. The summed E-state index contributed by atoms with van der Waals surface area (Å²) in [5, 5.41) is 0. The fourth-order valence-electron chi connectivity index (χ4n) is 3.66. The van der Waals surface area contributed by atoms with Crippen molar-refractivity contribution in [1.82, 2.24) is 15.0 Å². The Hall–Kier alpha value is -3.69. The Morgan fingerprint density at radius 2 is 1.33 bits per heavy atom. The minimum atomic E-state index is -0.327. The number of ether oxygens (including phenoxy) is 2. The van der Waals surface area contributed by atoms with Crippen LogP contribution in [-0.4, -0.2) is 67.3 Å². The standard InChI is InChI=1S/C27H33N5O4/c1-27(2,3)22-10-11-23(31(14-16-35-4)25(33)20-8-6-12-28-18-20)30-24(22)32(15-17-36-5)26(34)21-9-7-13-29-19-21/h6-13,18-19H,14-17H2,1-5H3. The predicted molar refractivity (Wildman–Crippen MR) is 139 cm³/mol. The lowest BCUT2D eigenvalue weighted by Crippen LogP contribution is -2.38. The monoisotopic (exact) mass is 491 g/mol. The number of anilines is 2. The van der Waals surface area contributed by atoms with Crippen LogP contribution in [0.2, 0.25) is 0 Å². The van der Waals surface area contributed by atoms with Gasteiger partial charge in [0.05, 0.1) is 37.4 Å². The van der Waals surface area contributed by atoms with E-state index < -0.39 is 0 Å². The number of aromatic nitrogens is 3. The number of hydrogen-bond acceptors (Lipinski definition) is 7. The molecular weight excluding hydrogens is 458 g/mol. The normalized spacial score (nSPS) is 11.2. The van der Waals surface area contributed by atoms with Crippen LogP contribution in [0.4, 0.5) is 11.6 Å². The van der Waals surface area contributed by atoms with E-state index in [2.05, 4.69) is 30.7 Å². The quantitative estimate of drug-likeness (QED) is 0.426. The van der Waals surface area contributed by atoms with Crippen LogP contribution in [0.5, 0.6) is 0 Å². The summed E-state index contributed by atoms with van der Waals surface area (Å²) in [5.74, 6) is 0.360. The van der Waals surface area contributed by atoms with Crippen LogP contribution in [0.3, 0.4) is 0 Å². The number of carbonyl (C=O) groups excluding carboxylic acids is 2. The van der Waals surface area contributed by atoms with Gasteiger partial charge in [0.25, 0.3) is 11.8 Å². The van der Waals surface area contributed by atoms with Crippen LogP contribution in [0.15, 0.2) is 61.2 Å². The van der Waals surface area contributed by atoms with Crippen LogP contribution in [0.1, 0.15) is 47.1 Å². The second kappa shape index (κ2) is 12.3. The van der Waals surface area contributed by atoms with Crippen LogP contribution in [-0.2, 0) is 14.9 Å². The second-order valence-electron chi connectivity index (χ2n) is 9.17. The molecule has 3 heterocycles. The first-order valence-corrected chi connectivity index (χ1v) is 11.7. The highest BCUT2D eigenvalue weighted by Crippen LogP contribution is 2.33. The Balaban J connectivity index is 2.15. The molecule has 0 fully saturated rings. The van der Waals surface area contributed by atoms with Gasteiger partial charge in [-0.1, -0.05) is 26.8 Å². The Labute approximate surface area is 212 Å². The van der Waals surface area contributed by atoms with Crippen molar-refractivity contribution in [2.24, 2.45) is 0 Å². The summed E-state index contributed by atoms with van der Waals surface area (Å²) in [5.41, 5.74) is 1.40. The SMILES string of the molecule is COCCN(C(=O)c1cccnc1)c1ccc(C(C)(C)C)c(N(CCOC)C(=O)c2cccnc2)n1. The molecule has 36 heavy (non-hydrogen) atoms. The lowest BCUT2D eigenvalue weighted by Gasteiger charge is -2.31. The number of carbonyl (C=O) groups is 2. The van der Waals surface area contributed by atoms with Crippen molar-refractivity contribution < 1.29 is 19.1 Å². The summed E-state index contributed by atoms with van der Waals surface area (Å²) in [6.07, 6.45) is 6.28. The molecule has 0 saturated heterocycles. The maximum absolute atomic E-state index is 13.6. The summed E-state index contributed by atoms with van der Waals surface area (Å²) < 4.78 is 10.6. The van der Waals surface area contributed by atoms with Crippen LogP contribution in [0.25, 0.3) is 0 Å². The molecular formula is C27H33N5O4.